The number of hydrogen-bond acceptors (Lipinski definition) is 2. The molecule has 24 heavy (non-hydrogen) atoms. The Morgan fingerprint density at radius 2 is 1.62 bits per heavy atom. The van der Waals surface area contributed by atoms with Crippen molar-refractivity contribution in [2.24, 2.45) is 0 Å². The minimum atomic E-state index is 0.788. The Balaban J connectivity index is 1.48. The van der Waals surface area contributed by atoms with E-state index in [2.05, 4.69) is 58.4 Å². The zero-order chi connectivity index (χ0) is 16.9. The molecular weight excluding hydrogens is 338 g/mol. The fraction of sp³-hybridized carbons (Fsp3) is 0.316. The van der Waals surface area contributed by atoms with Crippen molar-refractivity contribution in [3.63, 3.8) is 0 Å². The lowest BCUT2D eigenvalue weighted by Crippen LogP contribution is -2.49. The Bertz CT molecular complexity index is 677. The van der Waals surface area contributed by atoms with Crippen molar-refractivity contribution >= 4 is 34.6 Å². The predicted molar refractivity (Wildman–Crippen MR) is 106 cm³/mol. The first-order chi connectivity index (χ1) is 11.6. The number of nitrogens with one attached hydrogen (secondary N) is 1. The Kier molecular flexibility index (Phi) is 5.72. The van der Waals surface area contributed by atoms with Gasteiger partial charge in [-0.2, -0.15) is 0 Å². The van der Waals surface area contributed by atoms with E-state index in [4.69, 9.17) is 23.8 Å². The van der Waals surface area contributed by atoms with Gasteiger partial charge in [-0.1, -0.05) is 41.4 Å². The quantitative estimate of drug-likeness (QED) is 0.829. The highest BCUT2D eigenvalue weighted by atomic mass is 35.5. The average Bonchev–Trinajstić information content (AvgIpc) is 2.59. The number of rotatable bonds is 3. The molecule has 1 aliphatic rings. The number of anilines is 1. The Morgan fingerprint density at radius 3 is 2.25 bits per heavy atom. The number of thiocarbonyl (C=S) groups is 1. The summed E-state index contributed by atoms with van der Waals surface area (Å²) in [6.07, 6.45) is 0. The summed E-state index contributed by atoms with van der Waals surface area (Å²) >= 11 is 11.5. The van der Waals surface area contributed by atoms with Gasteiger partial charge < -0.3 is 10.2 Å². The zero-order valence-corrected chi connectivity index (χ0v) is 15.4. The van der Waals surface area contributed by atoms with E-state index in [1.54, 1.807) is 0 Å². The van der Waals surface area contributed by atoms with Crippen molar-refractivity contribution < 1.29 is 0 Å². The lowest BCUT2D eigenvalue weighted by molar-refractivity contribution is 0.177. The van der Waals surface area contributed by atoms with E-state index in [1.807, 2.05) is 12.1 Å². The van der Waals surface area contributed by atoms with Gasteiger partial charge in [-0.15, -0.1) is 0 Å². The summed E-state index contributed by atoms with van der Waals surface area (Å²) in [7, 11) is 0. The van der Waals surface area contributed by atoms with E-state index in [0.717, 1.165) is 48.5 Å². The molecule has 0 radical (unpaired) electrons. The zero-order valence-electron chi connectivity index (χ0n) is 13.8. The van der Waals surface area contributed by atoms with Crippen LogP contribution in [0.2, 0.25) is 5.02 Å². The number of aryl methyl sites for hydroxylation is 1. The van der Waals surface area contributed by atoms with Crippen LogP contribution in [0, 0.1) is 6.92 Å². The van der Waals surface area contributed by atoms with E-state index in [0.29, 0.717) is 0 Å². The van der Waals surface area contributed by atoms with Crippen LogP contribution in [0.1, 0.15) is 11.1 Å². The predicted octanol–water partition coefficient (Wildman–Crippen LogP) is 4.16. The van der Waals surface area contributed by atoms with Crippen LogP contribution in [-0.4, -0.2) is 41.1 Å². The molecule has 1 aliphatic heterocycles. The molecule has 0 atom stereocenters. The van der Waals surface area contributed by atoms with Gasteiger partial charge in [-0.25, -0.2) is 0 Å². The second-order valence-electron chi connectivity index (χ2n) is 6.19. The van der Waals surface area contributed by atoms with Crippen LogP contribution in [0.3, 0.4) is 0 Å². The van der Waals surface area contributed by atoms with Crippen molar-refractivity contribution in [3.05, 3.63) is 64.7 Å². The maximum absolute atomic E-state index is 5.94. The fourth-order valence-corrected chi connectivity index (χ4v) is 3.22. The largest absolute Gasteiger partial charge is 0.346 e. The fourth-order valence-electron chi connectivity index (χ4n) is 2.80. The summed E-state index contributed by atoms with van der Waals surface area (Å²) in [5, 5.41) is 4.93. The average molecular weight is 360 g/mol. The van der Waals surface area contributed by atoms with Crippen LogP contribution in [0.5, 0.6) is 0 Å². The number of hydrogen-bond donors (Lipinski definition) is 1. The third kappa shape index (κ3) is 4.69. The summed E-state index contributed by atoms with van der Waals surface area (Å²) in [5.41, 5.74) is 3.60. The molecule has 0 spiro atoms. The number of piperazine rings is 1. The topological polar surface area (TPSA) is 18.5 Å². The summed E-state index contributed by atoms with van der Waals surface area (Å²) < 4.78 is 0. The third-order valence-corrected chi connectivity index (χ3v) is 4.89. The molecule has 3 nitrogen and oxygen atoms in total. The Hall–Kier alpha value is -1.62. The van der Waals surface area contributed by atoms with Crippen molar-refractivity contribution in [2.75, 3.05) is 31.5 Å². The maximum Gasteiger partial charge on any atom is 0.173 e. The van der Waals surface area contributed by atoms with Gasteiger partial charge in [-0.05, 0) is 49.0 Å². The minimum absolute atomic E-state index is 0.788. The SMILES string of the molecule is Cc1ccc(NC(=S)N2CCN(Cc3ccc(Cl)cc3)CC2)cc1. The highest BCUT2D eigenvalue weighted by Crippen LogP contribution is 2.14. The summed E-state index contributed by atoms with van der Waals surface area (Å²) in [4.78, 5) is 4.70. The molecule has 0 aromatic heterocycles. The van der Waals surface area contributed by atoms with E-state index in [9.17, 15) is 0 Å². The molecule has 3 rings (SSSR count). The van der Waals surface area contributed by atoms with E-state index < -0.39 is 0 Å². The highest BCUT2D eigenvalue weighted by Gasteiger charge is 2.19. The molecule has 1 saturated heterocycles. The Labute approximate surface area is 154 Å². The third-order valence-electron chi connectivity index (χ3n) is 4.28. The lowest BCUT2D eigenvalue weighted by Gasteiger charge is -2.36. The highest BCUT2D eigenvalue weighted by molar-refractivity contribution is 7.80. The van der Waals surface area contributed by atoms with Crippen LogP contribution in [0.4, 0.5) is 5.69 Å². The normalized spacial score (nSPS) is 15.3. The molecule has 126 valence electrons. The first-order valence-corrected chi connectivity index (χ1v) is 8.98. The van der Waals surface area contributed by atoms with Gasteiger partial charge in [0.2, 0.25) is 0 Å². The smallest absolute Gasteiger partial charge is 0.173 e. The molecular formula is C19H22ClN3S. The molecule has 5 heteroatoms. The minimum Gasteiger partial charge on any atom is -0.346 e. The molecule has 0 amide bonds. The van der Waals surface area contributed by atoms with Crippen molar-refractivity contribution in [1.82, 2.24) is 9.80 Å². The van der Waals surface area contributed by atoms with Crippen LogP contribution in [0.15, 0.2) is 48.5 Å². The Morgan fingerprint density at radius 1 is 1.00 bits per heavy atom. The number of halogens is 1. The van der Waals surface area contributed by atoms with Gasteiger partial charge in [0.1, 0.15) is 0 Å². The van der Waals surface area contributed by atoms with Gasteiger partial charge in [0.05, 0.1) is 0 Å². The molecule has 0 unspecified atom stereocenters. The number of nitrogens with zero attached hydrogens (tertiary/aromatic N) is 2. The summed E-state index contributed by atoms with van der Waals surface area (Å²) in [6.45, 7) is 6.97. The van der Waals surface area contributed by atoms with Crippen molar-refractivity contribution in [3.8, 4) is 0 Å². The van der Waals surface area contributed by atoms with Crippen LogP contribution in [-0.2, 0) is 6.54 Å². The maximum atomic E-state index is 5.94. The molecule has 1 heterocycles. The standard InChI is InChI=1S/C19H22ClN3S/c1-15-2-8-18(9-3-15)21-19(24)23-12-10-22(11-13-23)14-16-4-6-17(20)7-5-16/h2-9H,10-14H2,1H3,(H,21,24). The molecule has 2 aromatic carbocycles. The van der Waals surface area contributed by atoms with Gasteiger partial charge in [0.25, 0.3) is 0 Å². The van der Waals surface area contributed by atoms with Gasteiger partial charge in [-0.3, -0.25) is 4.90 Å². The first-order valence-electron chi connectivity index (χ1n) is 8.19. The molecule has 2 aromatic rings. The van der Waals surface area contributed by atoms with Crippen molar-refractivity contribution in [2.45, 2.75) is 13.5 Å². The summed E-state index contributed by atoms with van der Waals surface area (Å²) in [6, 6.07) is 16.4. The second kappa shape index (κ2) is 7.97. The molecule has 1 N–H and O–H groups in total. The van der Waals surface area contributed by atoms with Crippen LogP contribution >= 0.6 is 23.8 Å². The summed E-state index contributed by atoms with van der Waals surface area (Å²) in [5.74, 6) is 0. The first kappa shape index (κ1) is 17.2. The van der Waals surface area contributed by atoms with E-state index >= 15 is 0 Å². The van der Waals surface area contributed by atoms with E-state index in [-0.39, 0.29) is 0 Å². The van der Waals surface area contributed by atoms with Gasteiger partial charge >= 0.3 is 0 Å². The molecule has 0 saturated carbocycles. The van der Waals surface area contributed by atoms with E-state index in [1.165, 1.54) is 11.1 Å². The van der Waals surface area contributed by atoms with Gasteiger partial charge in [0.15, 0.2) is 5.11 Å². The molecule has 1 fully saturated rings. The second-order valence-corrected chi connectivity index (χ2v) is 7.01. The van der Waals surface area contributed by atoms with Crippen LogP contribution in [0.25, 0.3) is 0 Å². The van der Waals surface area contributed by atoms with Crippen molar-refractivity contribution in [1.29, 1.82) is 0 Å². The number of benzene rings is 2. The molecule has 0 aliphatic carbocycles. The lowest BCUT2D eigenvalue weighted by atomic mass is 10.2. The van der Waals surface area contributed by atoms with Gasteiger partial charge in [0, 0.05) is 43.4 Å². The van der Waals surface area contributed by atoms with Crippen LogP contribution < -0.4 is 5.32 Å². The molecule has 0 bridgehead atoms. The monoisotopic (exact) mass is 359 g/mol.